The van der Waals surface area contributed by atoms with Crippen molar-refractivity contribution in [3.05, 3.63) is 30.1 Å². The number of hydrogen-bond acceptors (Lipinski definition) is 3. The summed E-state index contributed by atoms with van der Waals surface area (Å²) in [4.78, 5) is 4.21. The van der Waals surface area contributed by atoms with Crippen LogP contribution in [0, 0.1) is 0 Å². The van der Waals surface area contributed by atoms with Crippen molar-refractivity contribution in [1.82, 2.24) is 4.98 Å². The lowest BCUT2D eigenvalue weighted by Crippen LogP contribution is -2.42. The van der Waals surface area contributed by atoms with Crippen LogP contribution in [0.1, 0.15) is 26.5 Å². The van der Waals surface area contributed by atoms with Gasteiger partial charge in [0, 0.05) is 18.3 Å². The molecule has 18 heavy (non-hydrogen) atoms. The summed E-state index contributed by atoms with van der Waals surface area (Å²) in [5.74, 6) is 0. The van der Waals surface area contributed by atoms with E-state index in [1.165, 1.54) is 0 Å². The molecule has 0 spiro atoms. The van der Waals surface area contributed by atoms with E-state index in [-0.39, 0.29) is 5.04 Å². The van der Waals surface area contributed by atoms with Crippen LogP contribution in [-0.4, -0.2) is 31.1 Å². The summed E-state index contributed by atoms with van der Waals surface area (Å²) >= 11 is 0. The molecule has 3 nitrogen and oxygen atoms in total. The molecule has 0 aliphatic carbocycles. The van der Waals surface area contributed by atoms with E-state index in [0.717, 1.165) is 5.69 Å². The molecule has 0 saturated carbocycles. The lowest BCUT2D eigenvalue weighted by molar-refractivity contribution is 0.0993. The quantitative estimate of drug-likeness (QED) is 0.834. The number of hydrogen-bond donors (Lipinski definition) is 1. The second kappa shape index (κ2) is 5.95. The highest BCUT2D eigenvalue weighted by atomic mass is 28.4. The first-order valence-corrected chi connectivity index (χ1v) is 9.35. The Hall–Kier alpha value is -0.713. The van der Waals surface area contributed by atoms with E-state index in [0.29, 0.717) is 13.0 Å². The number of rotatable bonds is 5. The largest absolute Gasteiger partial charge is 0.414 e. The summed E-state index contributed by atoms with van der Waals surface area (Å²) in [7, 11) is -1.77. The monoisotopic (exact) mass is 267 g/mol. The average molecular weight is 267 g/mol. The highest BCUT2D eigenvalue weighted by Crippen LogP contribution is 2.36. The summed E-state index contributed by atoms with van der Waals surface area (Å²) in [5.41, 5.74) is 0.906. The average Bonchev–Trinajstić information content (AvgIpc) is 2.26. The van der Waals surface area contributed by atoms with Gasteiger partial charge < -0.3 is 9.53 Å². The predicted molar refractivity (Wildman–Crippen MR) is 77.1 cm³/mol. The highest BCUT2D eigenvalue weighted by molar-refractivity contribution is 6.74. The number of pyridine rings is 1. The van der Waals surface area contributed by atoms with Crippen molar-refractivity contribution in [1.29, 1.82) is 0 Å². The van der Waals surface area contributed by atoms with Crippen molar-refractivity contribution in [2.75, 3.05) is 6.61 Å². The van der Waals surface area contributed by atoms with Gasteiger partial charge in [0.25, 0.3) is 0 Å². The minimum atomic E-state index is -1.77. The molecule has 0 aliphatic heterocycles. The summed E-state index contributed by atoms with van der Waals surface area (Å²) in [6, 6.07) is 5.74. The second-order valence-electron chi connectivity index (χ2n) is 6.25. The van der Waals surface area contributed by atoms with Crippen LogP contribution in [-0.2, 0) is 10.8 Å². The molecule has 1 unspecified atom stereocenters. The highest BCUT2D eigenvalue weighted by Gasteiger charge is 2.37. The fourth-order valence-electron chi connectivity index (χ4n) is 1.34. The maximum absolute atomic E-state index is 9.99. The molecule has 1 aromatic rings. The van der Waals surface area contributed by atoms with E-state index in [1.54, 1.807) is 6.20 Å². The zero-order valence-electron chi connectivity index (χ0n) is 12.1. The Morgan fingerprint density at radius 2 is 2.00 bits per heavy atom. The van der Waals surface area contributed by atoms with Crippen LogP contribution in [0.25, 0.3) is 0 Å². The van der Waals surface area contributed by atoms with Crippen LogP contribution in [0.4, 0.5) is 0 Å². The van der Waals surface area contributed by atoms with Crippen LogP contribution in [0.3, 0.4) is 0 Å². The summed E-state index contributed by atoms with van der Waals surface area (Å²) in [6.07, 6.45) is 1.82. The lowest BCUT2D eigenvalue weighted by Gasteiger charge is -2.36. The van der Waals surface area contributed by atoms with Crippen LogP contribution < -0.4 is 0 Å². The molecule has 0 fully saturated rings. The van der Waals surface area contributed by atoms with Crippen LogP contribution in [0.15, 0.2) is 24.4 Å². The number of aromatic nitrogens is 1. The molecule has 1 rings (SSSR count). The van der Waals surface area contributed by atoms with Crippen LogP contribution in [0.5, 0.6) is 0 Å². The number of nitrogens with zero attached hydrogens (tertiary/aromatic N) is 1. The van der Waals surface area contributed by atoms with Gasteiger partial charge in [-0.1, -0.05) is 26.8 Å². The zero-order chi connectivity index (χ0) is 13.8. The molecule has 0 amide bonds. The molecule has 0 aromatic carbocycles. The van der Waals surface area contributed by atoms with Crippen molar-refractivity contribution in [2.45, 2.75) is 51.4 Å². The first-order chi connectivity index (χ1) is 8.22. The molecule has 0 saturated heterocycles. The van der Waals surface area contributed by atoms with Gasteiger partial charge in [0.1, 0.15) is 0 Å². The third-order valence-corrected chi connectivity index (χ3v) is 8.11. The Bertz CT molecular complexity index is 360. The van der Waals surface area contributed by atoms with Crippen molar-refractivity contribution < 1.29 is 9.53 Å². The van der Waals surface area contributed by atoms with E-state index in [4.69, 9.17) is 4.43 Å². The summed E-state index contributed by atoms with van der Waals surface area (Å²) in [5, 5.41) is 10.2. The Morgan fingerprint density at radius 3 is 2.50 bits per heavy atom. The van der Waals surface area contributed by atoms with Gasteiger partial charge in [-0.2, -0.15) is 0 Å². The fraction of sp³-hybridized carbons (Fsp3) is 0.643. The van der Waals surface area contributed by atoms with Gasteiger partial charge in [-0.3, -0.25) is 4.98 Å². The summed E-state index contributed by atoms with van der Waals surface area (Å²) < 4.78 is 5.99. The van der Waals surface area contributed by atoms with Gasteiger partial charge in [-0.05, 0) is 30.3 Å². The van der Waals surface area contributed by atoms with Crippen molar-refractivity contribution in [3.8, 4) is 0 Å². The van der Waals surface area contributed by atoms with Gasteiger partial charge in [-0.15, -0.1) is 0 Å². The smallest absolute Gasteiger partial charge is 0.192 e. The minimum absolute atomic E-state index is 0.178. The van der Waals surface area contributed by atoms with Crippen LogP contribution in [0.2, 0.25) is 18.1 Å². The Balaban J connectivity index is 2.45. The number of aliphatic hydroxyl groups is 1. The molecular formula is C14H25NO2Si. The SMILES string of the molecule is CC(C)(C)[Si](C)(C)OCC(O)Cc1ccccn1. The first-order valence-electron chi connectivity index (χ1n) is 6.44. The molecule has 0 aliphatic rings. The van der Waals surface area contributed by atoms with E-state index in [2.05, 4.69) is 38.8 Å². The zero-order valence-corrected chi connectivity index (χ0v) is 13.1. The molecule has 1 heterocycles. The Kier molecular flexibility index (Phi) is 5.07. The normalized spacial score (nSPS) is 14.6. The molecule has 0 radical (unpaired) electrons. The van der Waals surface area contributed by atoms with Gasteiger partial charge in [-0.25, -0.2) is 0 Å². The van der Waals surface area contributed by atoms with Crippen molar-refractivity contribution in [3.63, 3.8) is 0 Å². The van der Waals surface area contributed by atoms with Crippen molar-refractivity contribution in [2.24, 2.45) is 0 Å². The molecule has 4 heteroatoms. The maximum Gasteiger partial charge on any atom is 0.192 e. The number of aliphatic hydroxyl groups excluding tert-OH is 1. The third kappa shape index (κ3) is 4.52. The van der Waals surface area contributed by atoms with E-state index >= 15 is 0 Å². The maximum atomic E-state index is 9.99. The molecular weight excluding hydrogens is 242 g/mol. The third-order valence-electron chi connectivity index (χ3n) is 3.61. The predicted octanol–water partition coefficient (Wildman–Crippen LogP) is 3.01. The van der Waals surface area contributed by atoms with E-state index < -0.39 is 14.4 Å². The minimum Gasteiger partial charge on any atom is -0.414 e. The van der Waals surface area contributed by atoms with E-state index in [1.807, 2.05) is 18.2 Å². The lowest BCUT2D eigenvalue weighted by atomic mass is 10.2. The van der Waals surface area contributed by atoms with E-state index in [9.17, 15) is 5.11 Å². The Labute approximate surface area is 111 Å². The second-order valence-corrected chi connectivity index (χ2v) is 11.1. The van der Waals surface area contributed by atoms with Gasteiger partial charge in [0.05, 0.1) is 12.7 Å². The van der Waals surface area contributed by atoms with Gasteiger partial charge in [0.2, 0.25) is 0 Å². The van der Waals surface area contributed by atoms with Gasteiger partial charge >= 0.3 is 0 Å². The van der Waals surface area contributed by atoms with Gasteiger partial charge in [0.15, 0.2) is 8.32 Å². The topological polar surface area (TPSA) is 42.4 Å². The standard InChI is InChI=1S/C14H25NO2Si/c1-14(2,3)18(4,5)17-11-13(16)10-12-8-6-7-9-15-12/h6-9,13,16H,10-11H2,1-5H3. The molecule has 102 valence electrons. The molecule has 0 bridgehead atoms. The molecule has 1 aromatic heterocycles. The van der Waals surface area contributed by atoms with Crippen molar-refractivity contribution >= 4 is 8.32 Å². The Morgan fingerprint density at radius 1 is 1.33 bits per heavy atom. The first kappa shape index (κ1) is 15.3. The molecule has 1 atom stereocenters. The summed E-state index contributed by atoms with van der Waals surface area (Å²) in [6.45, 7) is 11.4. The fourth-order valence-corrected chi connectivity index (χ4v) is 2.38. The molecule has 1 N–H and O–H groups in total. The van der Waals surface area contributed by atoms with Crippen LogP contribution >= 0.6 is 0 Å².